The second-order valence-corrected chi connectivity index (χ2v) is 7.13. The van der Waals surface area contributed by atoms with Gasteiger partial charge < -0.3 is 10.3 Å². The van der Waals surface area contributed by atoms with Crippen molar-refractivity contribution in [2.24, 2.45) is 0 Å². The lowest BCUT2D eigenvalue weighted by Crippen LogP contribution is -2.14. The molecule has 0 bridgehead atoms. The summed E-state index contributed by atoms with van der Waals surface area (Å²) in [6.07, 6.45) is 2.42. The molecule has 104 valence electrons. The normalized spacial score (nSPS) is 14.7. The molecule has 2 N–H and O–H groups in total. The van der Waals surface area contributed by atoms with E-state index in [1.807, 2.05) is 11.5 Å². The molecule has 0 radical (unpaired) electrons. The number of fused-ring (bicyclic) bond motifs is 1. The molecule has 0 aliphatic carbocycles. The van der Waals surface area contributed by atoms with Gasteiger partial charge in [0, 0.05) is 34.9 Å². The monoisotopic (exact) mass is 347 g/mol. The molecule has 1 heterocycles. The van der Waals surface area contributed by atoms with Gasteiger partial charge in [0.2, 0.25) is 5.95 Å². The van der Waals surface area contributed by atoms with Gasteiger partial charge in [0.15, 0.2) is 0 Å². The number of rotatable bonds is 4. The van der Waals surface area contributed by atoms with E-state index in [0.717, 1.165) is 11.9 Å². The van der Waals surface area contributed by atoms with E-state index in [4.69, 9.17) is 5.73 Å². The zero-order valence-electron chi connectivity index (χ0n) is 10.7. The van der Waals surface area contributed by atoms with Crippen molar-refractivity contribution in [3.63, 3.8) is 0 Å². The average molecular weight is 348 g/mol. The van der Waals surface area contributed by atoms with Crippen molar-refractivity contribution in [2.75, 3.05) is 12.0 Å². The molecule has 2 rings (SSSR count). The largest absolute Gasteiger partial charge is 0.369 e. The summed E-state index contributed by atoms with van der Waals surface area (Å²) < 4.78 is 27.0. The van der Waals surface area contributed by atoms with Crippen molar-refractivity contribution in [3.05, 3.63) is 22.4 Å². The number of hydrogen-bond acceptors (Lipinski definition) is 3. The summed E-state index contributed by atoms with van der Waals surface area (Å²) in [5, 5.41) is 0.0840. The van der Waals surface area contributed by atoms with E-state index in [1.54, 1.807) is 12.3 Å². The van der Waals surface area contributed by atoms with Gasteiger partial charge in [-0.25, -0.2) is 9.37 Å². The molecule has 19 heavy (non-hydrogen) atoms. The number of nitrogens with zero attached hydrogens (tertiary/aromatic N) is 2. The highest BCUT2D eigenvalue weighted by atomic mass is 79.9. The van der Waals surface area contributed by atoms with Gasteiger partial charge in [0.25, 0.3) is 0 Å². The van der Waals surface area contributed by atoms with Crippen LogP contribution in [-0.4, -0.2) is 25.3 Å². The molecule has 2 unspecified atom stereocenters. The molecule has 4 nitrogen and oxygen atoms in total. The molecule has 0 aliphatic rings. The van der Waals surface area contributed by atoms with Gasteiger partial charge in [0.1, 0.15) is 5.82 Å². The number of nitrogens with two attached hydrogens (primary N) is 1. The Balaban J connectivity index is 2.35. The second kappa shape index (κ2) is 5.58. The summed E-state index contributed by atoms with van der Waals surface area (Å²) in [5.41, 5.74) is 7.16. The molecule has 2 aromatic rings. The Bertz CT molecular complexity index is 643. The van der Waals surface area contributed by atoms with E-state index < -0.39 is 10.8 Å². The average Bonchev–Trinajstić information content (AvgIpc) is 2.62. The minimum atomic E-state index is -0.864. The fourth-order valence-corrected chi connectivity index (χ4v) is 2.62. The molecule has 2 atom stereocenters. The van der Waals surface area contributed by atoms with Crippen LogP contribution < -0.4 is 5.73 Å². The SMILES string of the molecule is CC(CCn1c(N)nc2cc(F)c(Br)cc21)S(C)=O. The van der Waals surface area contributed by atoms with E-state index in [9.17, 15) is 8.60 Å². The van der Waals surface area contributed by atoms with Crippen molar-refractivity contribution in [1.82, 2.24) is 9.55 Å². The first-order valence-electron chi connectivity index (χ1n) is 5.83. The molecule has 0 spiro atoms. The zero-order chi connectivity index (χ0) is 14.2. The van der Waals surface area contributed by atoms with Crippen molar-refractivity contribution in [2.45, 2.75) is 25.1 Å². The van der Waals surface area contributed by atoms with E-state index in [2.05, 4.69) is 20.9 Å². The van der Waals surface area contributed by atoms with Crippen LogP contribution in [0.4, 0.5) is 10.3 Å². The number of nitrogen functional groups attached to an aromatic ring is 1. The number of aryl methyl sites for hydroxylation is 1. The number of hydrogen-bond donors (Lipinski definition) is 1. The third-order valence-electron chi connectivity index (χ3n) is 3.15. The van der Waals surface area contributed by atoms with Crippen LogP contribution in [0.25, 0.3) is 11.0 Å². The van der Waals surface area contributed by atoms with Gasteiger partial charge in [-0.05, 0) is 28.4 Å². The number of halogens is 2. The van der Waals surface area contributed by atoms with E-state index in [0.29, 0.717) is 22.5 Å². The summed E-state index contributed by atoms with van der Waals surface area (Å²) in [6, 6.07) is 3.02. The first-order chi connectivity index (χ1) is 8.90. The minimum Gasteiger partial charge on any atom is -0.369 e. The maximum Gasteiger partial charge on any atom is 0.201 e. The van der Waals surface area contributed by atoms with Gasteiger partial charge in [-0.15, -0.1) is 0 Å². The van der Waals surface area contributed by atoms with Crippen LogP contribution in [0.5, 0.6) is 0 Å². The minimum absolute atomic E-state index is 0.0840. The summed E-state index contributed by atoms with van der Waals surface area (Å²) >= 11 is 3.16. The van der Waals surface area contributed by atoms with Gasteiger partial charge in [-0.3, -0.25) is 4.21 Å². The molecular formula is C12H15BrFN3OS. The quantitative estimate of drug-likeness (QED) is 0.924. The van der Waals surface area contributed by atoms with E-state index in [-0.39, 0.29) is 11.1 Å². The molecule has 7 heteroatoms. The van der Waals surface area contributed by atoms with Crippen molar-refractivity contribution < 1.29 is 8.60 Å². The molecule has 0 saturated carbocycles. The number of aromatic nitrogens is 2. The van der Waals surface area contributed by atoms with Crippen molar-refractivity contribution in [1.29, 1.82) is 0 Å². The van der Waals surface area contributed by atoms with Gasteiger partial charge in [-0.1, -0.05) is 6.92 Å². The summed E-state index contributed by atoms with van der Waals surface area (Å²) in [5.74, 6) is -0.0123. The molecule has 0 aliphatic heterocycles. The van der Waals surface area contributed by atoms with Crippen LogP contribution in [0.15, 0.2) is 16.6 Å². The van der Waals surface area contributed by atoms with Gasteiger partial charge >= 0.3 is 0 Å². The lowest BCUT2D eigenvalue weighted by molar-refractivity contribution is 0.621. The van der Waals surface area contributed by atoms with Crippen molar-refractivity contribution in [3.8, 4) is 0 Å². The van der Waals surface area contributed by atoms with Crippen LogP contribution in [0.3, 0.4) is 0 Å². The lowest BCUT2D eigenvalue weighted by Gasteiger charge is -2.10. The Kier molecular flexibility index (Phi) is 4.25. The first kappa shape index (κ1) is 14.5. The number of benzene rings is 1. The molecule has 0 saturated heterocycles. The summed E-state index contributed by atoms with van der Waals surface area (Å²) in [6.45, 7) is 2.54. The Morgan fingerprint density at radius 2 is 2.26 bits per heavy atom. The maximum atomic E-state index is 13.4. The third kappa shape index (κ3) is 2.97. The fourth-order valence-electron chi connectivity index (χ4n) is 1.85. The Morgan fingerprint density at radius 3 is 2.89 bits per heavy atom. The first-order valence-corrected chi connectivity index (χ1v) is 8.24. The molecule has 1 aromatic carbocycles. The topological polar surface area (TPSA) is 60.9 Å². The predicted octanol–water partition coefficient (Wildman–Crippen LogP) is 2.68. The Morgan fingerprint density at radius 1 is 1.58 bits per heavy atom. The standard InChI is InChI=1S/C12H15BrFN3OS/c1-7(19(2)18)3-4-17-11-5-8(13)9(14)6-10(11)16-12(17)15/h5-7H,3-4H2,1-2H3,(H2,15,16). The van der Waals surface area contributed by atoms with E-state index >= 15 is 0 Å². The smallest absolute Gasteiger partial charge is 0.201 e. The lowest BCUT2D eigenvalue weighted by atomic mass is 10.3. The third-order valence-corrected chi connectivity index (χ3v) is 5.12. The molecule has 0 amide bonds. The van der Waals surface area contributed by atoms with Crippen LogP contribution >= 0.6 is 15.9 Å². The molecule has 0 fully saturated rings. The van der Waals surface area contributed by atoms with Crippen LogP contribution in [0.2, 0.25) is 0 Å². The highest BCUT2D eigenvalue weighted by molar-refractivity contribution is 9.10. The van der Waals surface area contributed by atoms with Crippen LogP contribution in [0, 0.1) is 5.82 Å². The zero-order valence-corrected chi connectivity index (χ0v) is 13.1. The summed E-state index contributed by atoms with van der Waals surface area (Å²) in [4.78, 5) is 4.14. The number of imidazole rings is 1. The predicted molar refractivity (Wildman–Crippen MR) is 79.9 cm³/mol. The number of anilines is 1. The van der Waals surface area contributed by atoms with Gasteiger partial charge in [0.05, 0.1) is 15.5 Å². The Hall–Kier alpha value is -0.950. The van der Waals surface area contributed by atoms with Gasteiger partial charge in [-0.2, -0.15) is 0 Å². The summed E-state index contributed by atoms with van der Waals surface area (Å²) in [7, 11) is -0.864. The molecule has 1 aromatic heterocycles. The maximum absolute atomic E-state index is 13.4. The van der Waals surface area contributed by atoms with Crippen LogP contribution in [-0.2, 0) is 17.3 Å². The van der Waals surface area contributed by atoms with E-state index in [1.165, 1.54) is 6.07 Å². The van der Waals surface area contributed by atoms with Crippen LogP contribution in [0.1, 0.15) is 13.3 Å². The fraction of sp³-hybridized carbons (Fsp3) is 0.417. The Labute approximate surface area is 121 Å². The van der Waals surface area contributed by atoms with Crippen molar-refractivity contribution >= 4 is 43.7 Å². The second-order valence-electron chi connectivity index (χ2n) is 4.47. The molecular weight excluding hydrogens is 333 g/mol. The highest BCUT2D eigenvalue weighted by Crippen LogP contribution is 2.25. The highest BCUT2D eigenvalue weighted by Gasteiger charge is 2.13.